The Kier molecular flexibility index (Phi) is 6.62. The van der Waals surface area contributed by atoms with Crippen LogP contribution in [0.25, 0.3) is 0 Å². The van der Waals surface area contributed by atoms with Gasteiger partial charge in [-0.1, -0.05) is 11.6 Å². The maximum atomic E-state index is 11.0. The van der Waals surface area contributed by atoms with Crippen molar-refractivity contribution < 1.29 is 13.2 Å². The van der Waals surface area contributed by atoms with Crippen molar-refractivity contribution in [3.8, 4) is 5.75 Å². The molecule has 0 saturated heterocycles. The molecule has 0 amide bonds. The van der Waals surface area contributed by atoms with Crippen LogP contribution in [-0.2, 0) is 9.84 Å². The fourth-order valence-electron chi connectivity index (χ4n) is 1.63. The molecular formula is C13H20ClNO3S. The molecule has 0 saturated carbocycles. The van der Waals surface area contributed by atoms with Crippen LogP contribution in [0, 0.1) is 0 Å². The molecule has 19 heavy (non-hydrogen) atoms. The van der Waals surface area contributed by atoms with Crippen LogP contribution in [0.5, 0.6) is 5.75 Å². The summed E-state index contributed by atoms with van der Waals surface area (Å²) in [7, 11) is -1.04. The van der Waals surface area contributed by atoms with E-state index < -0.39 is 9.84 Å². The number of hydrogen-bond donors (Lipinski definition) is 1. The summed E-state index contributed by atoms with van der Waals surface area (Å²) in [6, 6.07) is 7.30. The highest BCUT2D eigenvalue weighted by molar-refractivity contribution is 7.90. The smallest absolute Gasteiger partial charge is 0.147 e. The zero-order chi connectivity index (χ0) is 14.3. The van der Waals surface area contributed by atoms with Crippen LogP contribution in [0.4, 0.5) is 0 Å². The molecule has 1 N–H and O–H groups in total. The second-order valence-electron chi connectivity index (χ2n) is 4.52. The van der Waals surface area contributed by atoms with Crippen molar-refractivity contribution in [1.82, 2.24) is 5.32 Å². The van der Waals surface area contributed by atoms with Gasteiger partial charge in [-0.3, -0.25) is 0 Å². The van der Waals surface area contributed by atoms with Gasteiger partial charge in [0.1, 0.15) is 22.2 Å². The van der Waals surface area contributed by atoms with Gasteiger partial charge < -0.3 is 10.1 Å². The first-order chi connectivity index (χ1) is 8.90. The summed E-state index contributed by atoms with van der Waals surface area (Å²) in [4.78, 5) is 0. The third-order valence-electron chi connectivity index (χ3n) is 2.74. The monoisotopic (exact) mass is 305 g/mol. The molecule has 0 bridgehead atoms. The van der Waals surface area contributed by atoms with Crippen molar-refractivity contribution in [2.24, 2.45) is 0 Å². The van der Waals surface area contributed by atoms with E-state index in [1.807, 2.05) is 19.2 Å². The standard InChI is InChI=1S/C13H20ClNO3S/c1-15-12(4-3-9-19(2,16)17)10-18-13-7-5-11(14)6-8-13/h5-8,12,15H,3-4,9-10H2,1-2H3. The molecular weight excluding hydrogens is 286 g/mol. The molecule has 0 aromatic heterocycles. The molecule has 0 aliphatic carbocycles. The first kappa shape index (κ1) is 16.3. The number of sulfone groups is 1. The Morgan fingerprint density at radius 1 is 1.32 bits per heavy atom. The predicted molar refractivity (Wildman–Crippen MR) is 78.7 cm³/mol. The van der Waals surface area contributed by atoms with Crippen LogP contribution in [0.1, 0.15) is 12.8 Å². The number of likely N-dealkylation sites (N-methyl/N-ethyl adjacent to an activating group) is 1. The van der Waals surface area contributed by atoms with E-state index in [-0.39, 0.29) is 11.8 Å². The van der Waals surface area contributed by atoms with Crippen LogP contribution in [0.2, 0.25) is 5.02 Å². The maximum Gasteiger partial charge on any atom is 0.147 e. The van der Waals surface area contributed by atoms with Crippen molar-refractivity contribution in [2.45, 2.75) is 18.9 Å². The molecule has 0 aliphatic heterocycles. The highest BCUT2D eigenvalue weighted by Gasteiger charge is 2.09. The molecule has 108 valence electrons. The van der Waals surface area contributed by atoms with Crippen molar-refractivity contribution in [1.29, 1.82) is 0 Å². The molecule has 1 unspecified atom stereocenters. The van der Waals surface area contributed by atoms with E-state index in [4.69, 9.17) is 16.3 Å². The number of nitrogens with one attached hydrogen (secondary N) is 1. The third-order valence-corrected chi connectivity index (χ3v) is 4.02. The molecule has 0 spiro atoms. The predicted octanol–water partition coefficient (Wildman–Crippen LogP) is 2.13. The Balaban J connectivity index is 2.34. The van der Waals surface area contributed by atoms with Gasteiger partial charge in [0.15, 0.2) is 0 Å². The van der Waals surface area contributed by atoms with Crippen LogP contribution >= 0.6 is 11.6 Å². The fraction of sp³-hybridized carbons (Fsp3) is 0.538. The van der Waals surface area contributed by atoms with Gasteiger partial charge >= 0.3 is 0 Å². The number of rotatable bonds is 8. The van der Waals surface area contributed by atoms with E-state index in [2.05, 4.69) is 5.32 Å². The lowest BCUT2D eigenvalue weighted by molar-refractivity contribution is 0.263. The van der Waals surface area contributed by atoms with Crippen LogP contribution in [0.15, 0.2) is 24.3 Å². The maximum absolute atomic E-state index is 11.0. The lowest BCUT2D eigenvalue weighted by atomic mass is 10.2. The zero-order valence-electron chi connectivity index (χ0n) is 11.2. The second-order valence-corrected chi connectivity index (χ2v) is 7.22. The Bertz CT molecular complexity index is 473. The lowest BCUT2D eigenvalue weighted by Gasteiger charge is -2.16. The van der Waals surface area contributed by atoms with E-state index in [0.29, 0.717) is 18.1 Å². The second kappa shape index (κ2) is 7.72. The Hall–Kier alpha value is -0.780. The molecule has 0 aliphatic rings. The van der Waals surface area contributed by atoms with Crippen molar-refractivity contribution in [2.75, 3.05) is 25.7 Å². The van der Waals surface area contributed by atoms with E-state index in [9.17, 15) is 8.42 Å². The molecule has 1 aromatic carbocycles. The molecule has 4 nitrogen and oxygen atoms in total. The quantitative estimate of drug-likeness (QED) is 0.799. The summed E-state index contributed by atoms with van der Waals surface area (Å²) in [5, 5.41) is 3.80. The minimum absolute atomic E-state index is 0.137. The molecule has 0 heterocycles. The minimum Gasteiger partial charge on any atom is -0.492 e. The van der Waals surface area contributed by atoms with Crippen LogP contribution < -0.4 is 10.1 Å². The van der Waals surface area contributed by atoms with Crippen molar-refractivity contribution >= 4 is 21.4 Å². The third kappa shape index (κ3) is 7.40. The van der Waals surface area contributed by atoms with E-state index in [1.54, 1.807) is 12.1 Å². The molecule has 6 heteroatoms. The average Bonchev–Trinajstić information content (AvgIpc) is 2.34. The average molecular weight is 306 g/mol. The SMILES string of the molecule is CNC(CCCS(C)(=O)=O)COc1ccc(Cl)cc1. The van der Waals surface area contributed by atoms with Crippen LogP contribution in [-0.4, -0.2) is 40.1 Å². The minimum atomic E-state index is -2.88. The van der Waals surface area contributed by atoms with Crippen molar-refractivity contribution in [3.63, 3.8) is 0 Å². The highest BCUT2D eigenvalue weighted by Crippen LogP contribution is 2.16. The van der Waals surface area contributed by atoms with Gasteiger partial charge in [0.2, 0.25) is 0 Å². The number of hydrogen-bond acceptors (Lipinski definition) is 4. The molecule has 1 atom stereocenters. The largest absolute Gasteiger partial charge is 0.492 e. The Morgan fingerprint density at radius 3 is 2.47 bits per heavy atom. The Labute approximate surface area is 120 Å². The summed E-state index contributed by atoms with van der Waals surface area (Å²) < 4.78 is 27.7. The number of halogens is 1. The highest BCUT2D eigenvalue weighted by atomic mass is 35.5. The molecule has 1 aromatic rings. The van der Waals surface area contributed by atoms with E-state index in [0.717, 1.165) is 12.2 Å². The number of ether oxygens (including phenoxy) is 1. The van der Waals surface area contributed by atoms with Gasteiger partial charge in [-0.05, 0) is 44.2 Å². The fourth-order valence-corrected chi connectivity index (χ4v) is 2.45. The zero-order valence-corrected chi connectivity index (χ0v) is 12.8. The molecule has 0 fully saturated rings. The van der Waals surface area contributed by atoms with Gasteiger partial charge in [0.25, 0.3) is 0 Å². The van der Waals surface area contributed by atoms with Gasteiger partial charge in [-0.2, -0.15) is 0 Å². The van der Waals surface area contributed by atoms with Crippen LogP contribution in [0.3, 0.4) is 0 Å². The van der Waals surface area contributed by atoms with Gasteiger partial charge in [0.05, 0.1) is 0 Å². The van der Waals surface area contributed by atoms with E-state index >= 15 is 0 Å². The summed E-state index contributed by atoms with van der Waals surface area (Å²) in [5.74, 6) is 0.972. The normalized spacial score (nSPS) is 13.2. The summed E-state index contributed by atoms with van der Waals surface area (Å²) >= 11 is 5.79. The summed E-state index contributed by atoms with van der Waals surface area (Å²) in [6.07, 6.45) is 2.65. The Morgan fingerprint density at radius 2 is 1.95 bits per heavy atom. The van der Waals surface area contributed by atoms with Crippen molar-refractivity contribution in [3.05, 3.63) is 29.3 Å². The molecule has 0 radical (unpaired) electrons. The first-order valence-electron chi connectivity index (χ1n) is 6.14. The number of benzene rings is 1. The first-order valence-corrected chi connectivity index (χ1v) is 8.58. The summed E-state index contributed by atoms with van der Waals surface area (Å²) in [6.45, 7) is 0.502. The lowest BCUT2D eigenvalue weighted by Crippen LogP contribution is -2.32. The topological polar surface area (TPSA) is 55.4 Å². The summed E-state index contributed by atoms with van der Waals surface area (Å²) in [5.41, 5.74) is 0. The van der Waals surface area contributed by atoms with Gasteiger partial charge in [-0.25, -0.2) is 8.42 Å². The van der Waals surface area contributed by atoms with Gasteiger partial charge in [-0.15, -0.1) is 0 Å². The van der Waals surface area contributed by atoms with E-state index in [1.165, 1.54) is 6.26 Å². The molecule has 1 rings (SSSR count). The van der Waals surface area contributed by atoms with Gasteiger partial charge in [0, 0.05) is 23.1 Å².